The van der Waals surface area contributed by atoms with Gasteiger partial charge in [-0.15, -0.1) is 0 Å². The Morgan fingerprint density at radius 3 is 2.59 bits per heavy atom. The van der Waals surface area contributed by atoms with Crippen molar-refractivity contribution >= 4 is 0 Å². The third kappa shape index (κ3) is 1.72. The third-order valence-corrected chi connectivity index (χ3v) is 3.02. The van der Waals surface area contributed by atoms with Gasteiger partial charge in [-0.2, -0.15) is 13.2 Å². The number of alkyl halides is 3. The molecule has 1 N–H and O–H groups in total. The Labute approximate surface area is 95.5 Å². The van der Waals surface area contributed by atoms with Crippen LogP contribution in [0.5, 0.6) is 11.5 Å². The molecule has 0 aromatic heterocycles. The highest BCUT2D eigenvalue weighted by Gasteiger charge is 2.43. The van der Waals surface area contributed by atoms with E-state index in [1.165, 1.54) is 6.07 Å². The second-order valence-corrected chi connectivity index (χ2v) is 4.08. The van der Waals surface area contributed by atoms with E-state index < -0.39 is 12.2 Å². The standard InChI is InChI=1S/C11H10F3NO2/c12-11(13,14)10-7-4-9-8(16-5-17-9)3-6(7)1-2-15-10/h3-4,10,15H,1-2,5H2. The minimum absolute atomic E-state index is 0.0718. The summed E-state index contributed by atoms with van der Waals surface area (Å²) in [5, 5.41) is 2.49. The van der Waals surface area contributed by atoms with E-state index in [1.807, 2.05) is 0 Å². The fourth-order valence-corrected chi connectivity index (χ4v) is 2.24. The van der Waals surface area contributed by atoms with Crippen molar-refractivity contribution in [3.8, 4) is 11.5 Å². The summed E-state index contributed by atoms with van der Waals surface area (Å²) in [6.07, 6.45) is -3.72. The van der Waals surface area contributed by atoms with E-state index in [-0.39, 0.29) is 12.4 Å². The van der Waals surface area contributed by atoms with E-state index in [2.05, 4.69) is 5.32 Å². The molecule has 0 amide bonds. The highest BCUT2D eigenvalue weighted by atomic mass is 19.4. The average molecular weight is 245 g/mol. The summed E-state index contributed by atoms with van der Waals surface area (Å²) in [6.45, 7) is 0.388. The van der Waals surface area contributed by atoms with Crippen molar-refractivity contribution < 1.29 is 22.6 Å². The first-order valence-corrected chi connectivity index (χ1v) is 5.28. The molecular weight excluding hydrogens is 235 g/mol. The lowest BCUT2D eigenvalue weighted by Crippen LogP contribution is -2.39. The van der Waals surface area contributed by atoms with Crippen molar-refractivity contribution in [3.05, 3.63) is 23.3 Å². The summed E-state index contributed by atoms with van der Waals surface area (Å²) in [6, 6.07) is 1.47. The molecular formula is C11H10F3NO2. The Morgan fingerprint density at radius 1 is 1.18 bits per heavy atom. The van der Waals surface area contributed by atoms with Crippen molar-refractivity contribution in [2.45, 2.75) is 18.6 Å². The number of rotatable bonds is 0. The van der Waals surface area contributed by atoms with Crippen LogP contribution in [0.25, 0.3) is 0 Å². The monoisotopic (exact) mass is 245 g/mol. The largest absolute Gasteiger partial charge is 0.454 e. The summed E-state index contributed by atoms with van der Waals surface area (Å²) < 4.78 is 48.8. The Balaban J connectivity index is 2.08. The summed E-state index contributed by atoms with van der Waals surface area (Å²) in [7, 11) is 0. The van der Waals surface area contributed by atoms with Gasteiger partial charge in [-0.25, -0.2) is 0 Å². The van der Waals surface area contributed by atoms with Gasteiger partial charge in [0, 0.05) is 6.54 Å². The lowest BCUT2D eigenvalue weighted by molar-refractivity contribution is -0.158. The molecule has 0 bridgehead atoms. The van der Waals surface area contributed by atoms with Crippen molar-refractivity contribution in [1.82, 2.24) is 5.32 Å². The Morgan fingerprint density at radius 2 is 1.88 bits per heavy atom. The number of ether oxygens (including phenoxy) is 2. The van der Waals surface area contributed by atoms with Crippen molar-refractivity contribution in [1.29, 1.82) is 0 Å². The van der Waals surface area contributed by atoms with Crippen molar-refractivity contribution in [2.75, 3.05) is 13.3 Å². The minimum atomic E-state index is -4.29. The van der Waals surface area contributed by atoms with Crippen LogP contribution in [0.15, 0.2) is 12.1 Å². The van der Waals surface area contributed by atoms with Crippen LogP contribution in [0.2, 0.25) is 0 Å². The maximum atomic E-state index is 12.8. The molecule has 3 nitrogen and oxygen atoms in total. The first kappa shape index (κ1) is 10.7. The Kier molecular flexibility index (Phi) is 2.22. The van der Waals surface area contributed by atoms with E-state index in [4.69, 9.17) is 9.47 Å². The van der Waals surface area contributed by atoms with Crippen LogP contribution in [0.3, 0.4) is 0 Å². The molecule has 2 heterocycles. The van der Waals surface area contributed by atoms with Crippen LogP contribution in [0.4, 0.5) is 13.2 Å². The summed E-state index contributed by atoms with van der Waals surface area (Å²) in [4.78, 5) is 0. The number of hydrogen-bond donors (Lipinski definition) is 1. The molecule has 17 heavy (non-hydrogen) atoms. The second kappa shape index (κ2) is 3.53. The fourth-order valence-electron chi connectivity index (χ4n) is 2.24. The molecule has 2 aliphatic heterocycles. The van der Waals surface area contributed by atoms with E-state index >= 15 is 0 Å². The van der Waals surface area contributed by atoms with Crippen LogP contribution in [0, 0.1) is 0 Å². The van der Waals surface area contributed by atoms with Crippen LogP contribution in [-0.4, -0.2) is 19.5 Å². The number of hydrogen-bond acceptors (Lipinski definition) is 3. The van der Waals surface area contributed by atoms with E-state index in [1.54, 1.807) is 6.07 Å². The SMILES string of the molecule is FC(F)(F)C1NCCc2cc3c(cc21)OCO3. The number of benzene rings is 1. The van der Waals surface area contributed by atoms with Gasteiger partial charge < -0.3 is 14.8 Å². The topological polar surface area (TPSA) is 30.5 Å². The van der Waals surface area contributed by atoms with Gasteiger partial charge in [-0.3, -0.25) is 0 Å². The van der Waals surface area contributed by atoms with Crippen LogP contribution in [-0.2, 0) is 6.42 Å². The molecule has 0 spiro atoms. The smallest absolute Gasteiger partial charge is 0.407 e. The first-order chi connectivity index (χ1) is 8.05. The van der Waals surface area contributed by atoms with Gasteiger partial charge in [0.15, 0.2) is 11.5 Å². The summed E-state index contributed by atoms with van der Waals surface area (Å²) in [5.74, 6) is 0.924. The lowest BCUT2D eigenvalue weighted by atomic mass is 9.93. The van der Waals surface area contributed by atoms with Gasteiger partial charge in [0.05, 0.1) is 0 Å². The zero-order valence-corrected chi connectivity index (χ0v) is 8.80. The Bertz CT molecular complexity index is 459. The molecule has 1 aromatic carbocycles. The highest BCUT2D eigenvalue weighted by Crippen LogP contribution is 2.42. The molecule has 1 unspecified atom stereocenters. The van der Waals surface area contributed by atoms with Gasteiger partial charge in [-0.1, -0.05) is 0 Å². The molecule has 3 rings (SSSR count). The zero-order valence-electron chi connectivity index (χ0n) is 8.80. The number of fused-ring (bicyclic) bond motifs is 2. The zero-order chi connectivity index (χ0) is 12.0. The predicted octanol–water partition coefficient (Wildman–Crippen LogP) is 2.16. The van der Waals surface area contributed by atoms with Crippen LogP contribution in [0.1, 0.15) is 17.2 Å². The third-order valence-electron chi connectivity index (χ3n) is 3.02. The molecule has 92 valence electrons. The van der Waals surface area contributed by atoms with Gasteiger partial charge in [0.1, 0.15) is 6.04 Å². The normalized spacial score (nSPS) is 22.4. The molecule has 2 aliphatic rings. The minimum Gasteiger partial charge on any atom is -0.454 e. The molecule has 0 radical (unpaired) electrons. The molecule has 1 atom stereocenters. The van der Waals surface area contributed by atoms with Crippen LogP contribution < -0.4 is 14.8 Å². The molecule has 1 aromatic rings. The van der Waals surface area contributed by atoms with E-state index in [0.717, 1.165) is 0 Å². The quantitative estimate of drug-likeness (QED) is 0.759. The van der Waals surface area contributed by atoms with Gasteiger partial charge in [0.25, 0.3) is 0 Å². The molecule has 0 fully saturated rings. The van der Waals surface area contributed by atoms with Crippen molar-refractivity contribution in [2.24, 2.45) is 0 Å². The number of nitrogens with one attached hydrogen (secondary N) is 1. The molecule has 0 saturated heterocycles. The fraction of sp³-hybridized carbons (Fsp3) is 0.455. The van der Waals surface area contributed by atoms with Gasteiger partial charge in [-0.05, 0) is 29.7 Å². The number of halogens is 3. The van der Waals surface area contributed by atoms with E-state index in [9.17, 15) is 13.2 Å². The average Bonchev–Trinajstić information content (AvgIpc) is 2.70. The maximum absolute atomic E-state index is 12.8. The summed E-state index contributed by atoms with van der Waals surface area (Å²) in [5.41, 5.74) is 0.920. The van der Waals surface area contributed by atoms with Crippen molar-refractivity contribution in [3.63, 3.8) is 0 Å². The molecule has 0 saturated carbocycles. The first-order valence-electron chi connectivity index (χ1n) is 5.28. The van der Waals surface area contributed by atoms with Gasteiger partial charge >= 0.3 is 6.18 Å². The maximum Gasteiger partial charge on any atom is 0.407 e. The molecule has 0 aliphatic carbocycles. The van der Waals surface area contributed by atoms with Crippen LogP contribution >= 0.6 is 0 Å². The second-order valence-electron chi connectivity index (χ2n) is 4.08. The molecule has 6 heteroatoms. The lowest BCUT2D eigenvalue weighted by Gasteiger charge is -2.28. The highest BCUT2D eigenvalue weighted by molar-refractivity contribution is 5.50. The predicted molar refractivity (Wildman–Crippen MR) is 53.1 cm³/mol. The Hall–Kier alpha value is -1.43. The van der Waals surface area contributed by atoms with E-state index in [0.29, 0.717) is 30.0 Å². The van der Waals surface area contributed by atoms with Gasteiger partial charge in [0.2, 0.25) is 6.79 Å². The summed E-state index contributed by atoms with van der Waals surface area (Å²) >= 11 is 0.